The number of fused-ring (bicyclic) bond motifs is 1. The lowest BCUT2D eigenvalue weighted by atomic mass is 10.1. The molecular formula is C20H15Br2N3O4S. The Kier molecular flexibility index (Phi) is 7.24. The van der Waals surface area contributed by atoms with Crippen molar-refractivity contribution in [2.24, 2.45) is 0 Å². The first kappa shape index (κ1) is 22.0. The van der Waals surface area contributed by atoms with E-state index in [1.807, 2.05) is 24.3 Å². The molecule has 154 valence electrons. The highest BCUT2D eigenvalue weighted by Gasteiger charge is 2.12. The van der Waals surface area contributed by atoms with Crippen LogP contribution in [0.4, 0.5) is 0 Å². The van der Waals surface area contributed by atoms with E-state index in [2.05, 4.69) is 48.0 Å². The zero-order valence-corrected chi connectivity index (χ0v) is 19.2. The van der Waals surface area contributed by atoms with Crippen LogP contribution in [0.2, 0.25) is 0 Å². The minimum absolute atomic E-state index is 0.0654. The molecule has 2 amide bonds. The first-order valence-corrected chi connectivity index (χ1v) is 10.5. The summed E-state index contributed by atoms with van der Waals surface area (Å²) in [4.78, 5) is 24.1. The van der Waals surface area contributed by atoms with Crippen LogP contribution in [0.3, 0.4) is 0 Å². The Bertz CT molecular complexity index is 1140. The number of nitrogens with one attached hydrogen (secondary N) is 3. The number of phenols is 1. The number of halogens is 2. The van der Waals surface area contributed by atoms with E-state index in [-0.39, 0.29) is 23.0 Å². The number of carbonyl (C=O) groups is 2. The summed E-state index contributed by atoms with van der Waals surface area (Å²) < 4.78 is 7.27. The number of carbonyl (C=O) groups excluding carboxylic acids is 2. The molecule has 0 saturated heterocycles. The highest BCUT2D eigenvalue weighted by molar-refractivity contribution is 9.11. The van der Waals surface area contributed by atoms with E-state index >= 15 is 0 Å². The first-order valence-electron chi connectivity index (χ1n) is 8.54. The maximum atomic E-state index is 12.1. The van der Waals surface area contributed by atoms with Gasteiger partial charge in [0.05, 0.1) is 10.0 Å². The molecule has 0 spiro atoms. The van der Waals surface area contributed by atoms with E-state index in [9.17, 15) is 14.7 Å². The van der Waals surface area contributed by atoms with Gasteiger partial charge in [0.2, 0.25) is 0 Å². The van der Waals surface area contributed by atoms with Crippen LogP contribution < -0.4 is 20.9 Å². The average Bonchev–Trinajstić information content (AvgIpc) is 2.71. The van der Waals surface area contributed by atoms with Crippen LogP contribution in [0, 0.1) is 0 Å². The summed E-state index contributed by atoms with van der Waals surface area (Å²) in [5, 5.41) is 13.9. The number of ether oxygens (including phenoxy) is 1. The number of hydrogen-bond acceptors (Lipinski definition) is 5. The summed E-state index contributed by atoms with van der Waals surface area (Å²) in [7, 11) is 0. The van der Waals surface area contributed by atoms with Crippen LogP contribution in [0.1, 0.15) is 10.4 Å². The van der Waals surface area contributed by atoms with Gasteiger partial charge in [-0.15, -0.1) is 0 Å². The number of phenolic OH excluding ortho intramolecular Hbond substituents is 1. The summed E-state index contributed by atoms with van der Waals surface area (Å²) in [5.74, 6) is -0.778. The van der Waals surface area contributed by atoms with Gasteiger partial charge in [-0.2, -0.15) is 0 Å². The molecule has 4 N–H and O–H groups in total. The topological polar surface area (TPSA) is 99.7 Å². The molecule has 0 aromatic heterocycles. The predicted octanol–water partition coefficient (Wildman–Crippen LogP) is 3.78. The SMILES string of the molecule is O=C(COc1ccc2cc(Br)ccc2c1Br)NC(=S)NNC(=O)c1ccccc1O. The number of para-hydroxylation sites is 1. The van der Waals surface area contributed by atoms with E-state index in [0.29, 0.717) is 5.75 Å². The fraction of sp³-hybridized carbons (Fsp3) is 0.0500. The first-order chi connectivity index (χ1) is 14.3. The number of hydrazine groups is 1. The van der Waals surface area contributed by atoms with Gasteiger partial charge in [0.15, 0.2) is 11.7 Å². The van der Waals surface area contributed by atoms with Gasteiger partial charge in [-0.1, -0.05) is 40.2 Å². The molecule has 10 heteroatoms. The highest BCUT2D eigenvalue weighted by Crippen LogP contribution is 2.34. The minimum atomic E-state index is -0.604. The number of thiocarbonyl (C=S) groups is 1. The van der Waals surface area contributed by atoms with Gasteiger partial charge in [0.25, 0.3) is 11.8 Å². The van der Waals surface area contributed by atoms with Crippen LogP contribution in [-0.4, -0.2) is 28.6 Å². The molecule has 3 rings (SSSR count). The van der Waals surface area contributed by atoms with Crippen molar-refractivity contribution in [3.05, 3.63) is 69.1 Å². The maximum absolute atomic E-state index is 12.1. The lowest BCUT2D eigenvalue weighted by Gasteiger charge is -2.13. The number of rotatable bonds is 4. The van der Waals surface area contributed by atoms with Crippen molar-refractivity contribution in [3.8, 4) is 11.5 Å². The number of benzene rings is 3. The summed E-state index contributed by atoms with van der Waals surface area (Å²) in [6.45, 7) is -0.282. The summed E-state index contributed by atoms with van der Waals surface area (Å²) in [6, 6.07) is 15.5. The van der Waals surface area contributed by atoms with E-state index in [0.717, 1.165) is 19.7 Å². The minimum Gasteiger partial charge on any atom is -0.507 e. The maximum Gasteiger partial charge on any atom is 0.273 e. The van der Waals surface area contributed by atoms with Gasteiger partial charge in [0.1, 0.15) is 11.5 Å². The van der Waals surface area contributed by atoms with Gasteiger partial charge >= 0.3 is 0 Å². The normalized spacial score (nSPS) is 10.3. The van der Waals surface area contributed by atoms with Crippen molar-refractivity contribution < 1.29 is 19.4 Å². The molecule has 3 aromatic rings. The molecule has 0 aliphatic rings. The third kappa shape index (κ3) is 5.47. The van der Waals surface area contributed by atoms with Crippen LogP contribution in [0.5, 0.6) is 11.5 Å². The number of aromatic hydroxyl groups is 1. The quantitative estimate of drug-likeness (QED) is 0.290. The Labute approximate surface area is 194 Å². The van der Waals surface area contributed by atoms with E-state index in [4.69, 9.17) is 17.0 Å². The lowest BCUT2D eigenvalue weighted by Crippen LogP contribution is -2.49. The molecule has 0 unspecified atom stereocenters. The lowest BCUT2D eigenvalue weighted by molar-refractivity contribution is -0.121. The van der Waals surface area contributed by atoms with Crippen molar-refractivity contribution in [1.29, 1.82) is 0 Å². The molecule has 0 atom stereocenters. The Hall–Kier alpha value is -2.69. The zero-order valence-electron chi connectivity index (χ0n) is 15.2. The molecule has 0 heterocycles. The standard InChI is InChI=1S/C20H15Br2N3O4S/c21-12-6-7-13-11(9-12)5-8-16(18(13)22)29-10-17(27)23-20(30)25-24-19(28)14-3-1-2-4-15(14)26/h1-9,26H,10H2,(H,24,28)(H2,23,25,27,30). The zero-order chi connectivity index (χ0) is 21.7. The van der Waals surface area contributed by atoms with Gasteiger partial charge in [-0.05, 0) is 69.3 Å². The van der Waals surface area contributed by atoms with Crippen LogP contribution >= 0.6 is 44.1 Å². The predicted molar refractivity (Wildman–Crippen MR) is 124 cm³/mol. The van der Waals surface area contributed by atoms with Crippen LogP contribution in [0.25, 0.3) is 10.8 Å². The second kappa shape index (κ2) is 9.88. The Morgan fingerprint density at radius 3 is 2.57 bits per heavy atom. The monoisotopic (exact) mass is 551 g/mol. The van der Waals surface area contributed by atoms with Crippen molar-refractivity contribution in [1.82, 2.24) is 16.2 Å². The number of hydrogen-bond donors (Lipinski definition) is 4. The average molecular weight is 553 g/mol. The molecule has 0 radical (unpaired) electrons. The number of amides is 2. The van der Waals surface area contributed by atoms with Crippen molar-refractivity contribution in [2.75, 3.05) is 6.61 Å². The van der Waals surface area contributed by atoms with Gasteiger partial charge in [0, 0.05) is 4.47 Å². The molecule has 0 aliphatic heterocycles. The Morgan fingerprint density at radius 2 is 1.80 bits per heavy atom. The summed E-state index contributed by atoms with van der Waals surface area (Å²) in [5.41, 5.74) is 4.76. The second-order valence-electron chi connectivity index (χ2n) is 6.01. The van der Waals surface area contributed by atoms with Crippen molar-refractivity contribution in [3.63, 3.8) is 0 Å². The molecule has 3 aromatic carbocycles. The van der Waals surface area contributed by atoms with Crippen molar-refractivity contribution in [2.45, 2.75) is 0 Å². The second-order valence-corrected chi connectivity index (χ2v) is 8.12. The summed E-state index contributed by atoms with van der Waals surface area (Å²) >= 11 is 11.9. The summed E-state index contributed by atoms with van der Waals surface area (Å²) in [6.07, 6.45) is 0. The smallest absolute Gasteiger partial charge is 0.273 e. The fourth-order valence-electron chi connectivity index (χ4n) is 2.54. The van der Waals surface area contributed by atoms with E-state index in [1.165, 1.54) is 12.1 Å². The molecule has 0 saturated carbocycles. The van der Waals surface area contributed by atoms with Crippen LogP contribution in [0.15, 0.2) is 63.5 Å². The molecule has 30 heavy (non-hydrogen) atoms. The molecule has 0 bridgehead atoms. The highest BCUT2D eigenvalue weighted by atomic mass is 79.9. The van der Waals surface area contributed by atoms with Gasteiger partial charge < -0.3 is 9.84 Å². The van der Waals surface area contributed by atoms with Gasteiger partial charge in [-0.25, -0.2) is 0 Å². The third-order valence-corrected chi connectivity index (χ3v) is 5.45. The molecular weight excluding hydrogens is 538 g/mol. The Balaban J connectivity index is 1.51. The molecule has 0 fully saturated rings. The van der Waals surface area contributed by atoms with E-state index < -0.39 is 11.8 Å². The van der Waals surface area contributed by atoms with Crippen LogP contribution in [-0.2, 0) is 4.79 Å². The molecule has 7 nitrogen and oxygen atoms in total. The van der Waals surface area contributed by atoms with Crippen molar-refractivity contribution >= 4 is 71.8 Å². The Morgan fingerprint density at radius 1 is 1.03 bits per heavy atom. The molecule has 0 aliphatic carbocycles. The largest absolute Gasteiger partial charge is 0.507 e. The van der Waals surface area contributed by atoms with E-state index in [1.54, 1.807) is 18.2 Å². The fourth-order valence-corrected chi connectivity index (χ4v) is 3.69. The third-order valence-electron chi connectivity index (χ3n) is 3.93. The van der Waals surface area contributed by atoms with Gasteiger partial charge in [-0.3, -0.25) is 25.8 Å².